The lowest BCUT2D eigenvalue weighted by atomic mass is 10.0. The fourth-order valence-corrected chi connectivity index (χ4v) is 5.74. The standard InChI is InChI=1S/C32H56N4O7/c1-24(2)7-5-6-14-36-30-11-9-27-26(8-10-29(30)34-35-36)28(27)23-43-32(38)33-13-16-40-18-20-42-22-21-41-19-17-39-15-12-31(37)25(3)4/h24-28H,5-23H2,1-4H3,(H,33,38)/t26-,27+,28-/m0/s1. The third kappa shape index (κ3) is 13.6. The van der Waals surface area contributed by atoms with Crippen molar-refractivity contribution in [3.8, 4) is 0 Å². The Morgan fingerprint density at radius 2 is 1.49 bits per heavy atom. The van der Waals surface area contributed by atoms with Gasteiger partial charge < -0.3 is 29.0 Å². The van der Waals surface area contributed by atoms with Gasteiger partial charge in [-0.2, -0.15) is 0 Å². The summed E-state index contributed by atoms with van der Waals surface area (Å²) >= 11 is 0. The van der Waals surface area contributed by atoms with Crippen LogP contribution in [0.25, 0.3) is 0 Å². The molecule has 0 aliphatic heterocycles. The molecule has 3 atom stereocenters. The van der Waals surface area contributed by atoms with Gasteiger partial charge in [-0.3, -0.25) is 4.79 Å². The molecule has 1 N–H and O–H groups in total. The highest BCUT2D eigenvalue weighted by molar-refractivity contribution is 5.80. The summed E-state index contributed by atoms with van der Waals surface area (Å²) in [5.41, 5.74) is 2.49. The molecule has 0 saturated heterocycles. The predicted molar refractivity (Wildman–Crippen MR) is 163 cm³/mol. The van der Waals surface area contributed by atoms with E-state index in [4.69, 9.17) is 23.7 Å². The van der Waals surface area contributed by atoms with E-state index in [0.717, 1.165) is 44.6 Å². The highest BCUT2D eigenvalue weighted by Crippen LogP contribution is 2.52. The van der Waals surface area contributed by atoms with Crippen LogP contribution in [-0.2, 0) is 47.9 Å². The van der Waals surface area contributed by atoms with Gasteiger partial charge in [0.2, 0.25) is 0 Å². The first-order valence-corrected chi connectivity index (χ1v) is 16.5. The van der Waals surface area contributed by atoms with E-state index < -0.39 is 0 Å². The number of aryl methyl sites for hydroxylation is 2. The van der Waals surface area contributed by atoms with Crippen LogP contribution in [-0.4, -0.2) is 92.9 Å². The second-order valence-electron chi connectivity index (χ2n) is 12.5. The number of unbranched alkanes of at least 4 members (excludes halogenated alkanes) is 1. The van der Waals surface area contributed by atoms with Crippen molar-refractivity contribution in [2.75, 3.05) is 66.0 Å². The molecule has 1 saturated carbocycles. The molecule has 1 aromatic heterocycles. The lowest BCUT2D eigenvalue weighted by Crippen LogP contribution is -2.29. The second kappa shape index (κ2) is 20.0. The van der Waals surface area contributed by atoms with E-state index in [2.05, 4.69) is 34.2 Å². The van der Waals surface area contributed by atoms with Crippen molar-refractivity contribution in [3.63, 3.8) is 0 Å². The van der Waals surface area contributed by atoms with Crippen LogP contribution in [0.2, 0.25) is 0 Å². The molecule has 1 aromatic rings. The summed E-state index contributed by atoms with van der Waals surface area (Å²) in [5.74, 6) is 2.71. The van der Waals surface area contributed by atoms with Crippen molar-refractivity contribution in [2.45, 2.75) is 85.6 Å². The highest BCUT2D eigenvalue weighted by Gasteiger charge is 2.50. The normalized spacial score (nSPS) is 19.5. The molecule has 1 amide bonds. The molecule has 0 bridgehead atoms. The van der Waals surface area contributed by atoms with Crippen LogP contribution in [0, 0.1) is 29.6 Å². The van der Waals surface area contributed by atoms with Crippen LogP contribution in [0.5, 0.6) is 0 Å². The Hall–Kier alpha value is -2.08. The molecule has 1 fully saturated rings. The van der Waals surface area contributed by atoms with Crippen molar-refractivity contribution < 1.29 is 33.3 Å². The quantitative estimate of drug-likeness (QED) is 0.182. The molecular weight excluding hydrogens is 552 g/mol. The number of carbonyl (C=O) groups excluding carboxylic acids is 2. The third-order valence-corrected chi connectivity index (χ3v) is 8.43. The zero-order valence-electron chi connectivity index (χ0n) is 27.0. The van der Waals surface area contributed by atoms with Gasteiger partial charge in [-0.05, 0) is 55.8 Å². The van der Waals surface area contributed by atoms with E-state index in [1.54, 1.807) is 0 Å². The number of nitrogens with one attached hydrogen (secondary N) is 1. The van der Waals surface area contributed by atoms with E-state index in [1.807, 2.05) is 13.8 Å². The van der Waals surface area contributed by atoms with Gasteiger partial charge in [-0.25, -0.2) is 9.48 Å². The predicted octanol–water partition coefficient (Wildman–Crippen LogP) is 4.25. The molecule has 43 heavy (non-hydrogen) atoms. The maximum atomic E-state index is 12.2. The molecule has 11 heteroatoms. The summed E-state index contributed by atoms with van der Waals surface area (Å²) < 4.78 is 29.5. The number of ether oxygens (including phenoxy) is 5. The summed E-state index contributed by atoms with van der Waals surface area (Å²) in [6, 6.07) is 0. The van der Waals surface area contributed by atoms with E-state index in [1.165, 1.54) is 24.2 Å². The smallest absolute Gasteiger partial charge is 0.407 e. The molecule has 0 spiro atoms. The summed E-state index contributed by atoms with van der Waals surface area (Å²) in [5, 5.41) is 11.7. The summed E-state index contributed by atoms with van der Waals surface area (Å²) in [7, 11) is 0. The molecule has 0 aromatic carbocycles. The van der Waals surface area contributed by atoms with Crippen molar-refractivity contribution in [3.05, 3.63) is 11.4 Å². The number of fused-ring (bicyclic) bond motifs is 2. The topological polar surface area (TPSA) is 123 Å². The fourth-order valence-electron chi connectivity index (χ4n) is 5.74. The van der Waals surface area contributed by atoms with E-state index >= 15 is 0 Å². The van der Waals surface area contributed by atoms with Crippen LogP contribution in [0.15, 0.2) is 0 Å². The van der Waals surface area contributed by atoms with Crippen molar-refractivity contribution in [1.29, 1.82) is 0 Å². The van der Waals surface area contributed by atoms with Gasteiger partial charge in [0.1, 0.15) is 5.78 Å². The lowest BCUT2D eigenvalue weighted by molar-refractivity contribution is -0.123. The Labute approximate surface area is 258 Å². The highest BCUT2D eigenvalue weighted by atomic mass is 16.6. The average Bonchev–Trinajstić information content (AvgIpc) is 3.48. The minimum absolute atomic E-state index is 0.0560. The average molecular weight is 609 g/mol. The number of hydrogen-bond donors (Lipinski definition) is 1. The van der Waals surface area contributed by atoms with Gasteiger partial charge >= 0.3 is 6.09 Å². The number of aromatic nitrogens is 3. The second-order valence-corrected chi connectivity index (χ2v) is 12.5. The number of rotatable bonds is 23. The Morgan fingerprint density at radius 1 is 0.860 bits per heavy atom. The minimum Gasteiger partial charge on any atom is -0.449 e. The van der Waals surface area contributed by atoms with E-state index in [-0.39, 0.29) is 17.8 Å². The zero-order valence-corrected chi connectivity index (χ0v) is 27.0. The first-order valence-electron chi connectivity index (χ1n) is 16.5. The molecule has 1 heterocycles. The summed E-state index contributed by atoms with van der Waals surface area (Å²) in [4.78, 5) is 23.7. The Morgan fingerprint density at radius 3 is 2.14 bits per heavy atom. The van der Waals surface area contributed by atoms with Crippen LogP contribution in [0.4, 0.5) is 4.79 Å². The molecule has 0 unspecified atom stereocenters. The fraction of sp³-hybridized carbons (Fsp3) is 0.875. The van der Waals surface area contributed by atoms with Crippen molar-refractivity contribution in [1.82, 2.24) is 20.3 Å². The van der Waals surface area contributed by atoms with Gasteiger partial charge in [-0.1, -0.05) is 45.7 Å². The maximum Gasteiger partial charge on any atom is 0.407 e. The lowest BCUT2D eigenvalue weighted by Gasteiger charge is -2.11. The van der Waals surface area contributed by atoms with Crippen LogP contribution >= 0.6 is 0 Å². The van der Waals surface area contributed by atoms with Crippen LogP contribution in [0.3, 0.4) is 0 Å². The number of hydrogen-bond acceptors (Lipinski definition) is 9. The van der Waals surface area contributed by atoms with Crippen LogP contribution in [0.1, 0.15) is 77.6 Å². The van der Waals surface area contributed by atoms with Gasteiger partial charge in [0.15, 0.2) is 0 Å². The number of alkyl carbamates (subject to hydrolysis) is 1. The van der Waals surface area contributed by atoms with Gasteiger partial charge in [0, 0.05) is 25.4 Å². The van der Waals surface area contributed by atoms with Crippen molar-refractivity contribution >= 4 is 11.9 Å². The molecule has 2 aliphatic carbocycles. The minimum atomic E-state index is -0.381. The molecule has 0 radical (unpaired) electrons. The van der Waals surface area contributed by atoms with Gasteiger partial charge in [-0.15, -0.1) is 5.10 Å². The summed E-state index contributed by atoms with van der Waals surface area (Å²) in [6.45, 7) is 13.8. The van der Waals surface area contributed by atoms with Crippen molar-refractivity contribution in [2.24, 2.45) is 29.6 Å². The summed E-state index contributed by atoms with van der Waals surface area (Å²) in [6.07, 6.45) is 7.92. The van der Waals surface area contributed by atoms with Gasteiger partial charge in [0.25, 0.3) is 0 Å². The Kier molecular flexibility index (Phi) is 16.5. The largest absolute Gasteiger partial charge is 0.449 e. The molecule has 3 rings (SSSR count). The monoisotopic (exact) mass is 608 g/mol. The van der Waals surface area contributed by atoms with Crippen LogP contribution < -0.4 is 5.32 Å². The first-order chi connectivity index (χ1) is 20.9. The van der Waals surface area contributed by atoms with Gasteiger partial charge in [0.05, 0.1) is 70.8 Å². The number of ketones is 1. The molecule has 11 nitrogen and oxygen atoms in total. The number of nitrogens with zero attached hydrogens (tertiary/aromatic N) is 3. The number of amides is 1. The molecule has 246 valence electrons. The SMILES string of the molecule is CC(C)CCCCn1nnc2c1CC[C@@H]1[C@H](CC2)[C@@H]1COC(=O)NCCOCCOCCOCCOCCC(=O)C(C)C. The van der Waals surface area contributed by atoms with E-state index in [0.29, 0.717) is 90.2 Å². The molecular formula is C32H56N4O7. The first kappa shape index (κ1) is 35.4. The number of carbonyl (C=O) groups is 2. The van der Waals surface area contributed by atoms with E-state index in [9.17, 15) is 9.59 Å². The Bertz CT molecular complexity index is 939. The third-order valence-electron chi connectivity index (χ3n) is 8.43. The molecule has 2 aliphatic rings. The maximum absolute atomic E-state index is 12.2. The Balaban J connectivity index is 1.12. The zero-order chi connectivity index (χ0) is 30.9. The number of Topliss-reactive ketones (excluding diaryl/α,β-unsaturated/α-hetero) is 1.